The van der Waals surface area contributed by atoms with Crippen molar-refractivity contribution in [3.8, 4) is 0 Å². The summed E-state index contributed by atoms with van der Waals surface area (Å²) in [5.74, 6) is 2.22. The van der Waals surface area contributed by atoms with E-state index < -0.39 is 0 Å². The molecule has 0 amide bonds. The number of nitrogens with zero attached hydrogens (tertiary/aromatic N) is 3. The Balaban J connectivity index is 2.05. The third-order valence-corrected chi connectivity index (χ3v) is 4.67. The molecule has 6 heteroatoms. The lowest BCUT2D eigenvalue weighted by Crippen LogP contribution is -2.23. The molecule has 0 aliphatic carbocycles. The van der Waals surface area contributed by atoms with E-state index in [4.69, 9.17) is 0 Å². The van der Waals surface area contributed by atoms with Crippen LogP contribution in [0.5, 0.6) is 0 Å². The van der Waals surface area contributed by atoms with Crippen LogP contribution in [0.4, 0.5) is 0 Å². The maximum atomic E-state index is 3.77. The van der Waals surface area contributed by atoms with Gasteiger partial charge in [0.2, 0.25) is 12.7 Å². The van der Waals surface area contributed by atoms with Gasteiger partial charge >= 0.3 is 0 Å². The molecule has 0 unspecified atom stereocenters. The minimum Gasteiger partial charge on any atom is -0.283 e. The molecule has 4 nitrogen and oxygen atoms in total. The fourth-order valence-electron chi connectivity index (χ4n) is 1.41. The van der Waals surface area contributed by atoms with Crippen LogP contribution in [0.3, 0.4) is 0 Å². The van der Waals surface area contributed by atoms with Crippen LogP contribution in [0.1, 0.15) is 0 Å². The molecule has 0 aromatic carbocycles. The molecule has 1 heterocycles. The Morgan fingerprint density at radius 1 is 1.44 bits per heavy atom. The Morgan fingerprint density at radius 2 is 2.22 bits per heavy atom. The first-order chi connectivity index (χ1) is 8.76. The normalized spacial score (nSPS) is 11.6. The Morgan fingerprint density at radius 3 is 2.83 bits per heavy atom. The van der Waals surface area contributed by atoms with E-state index in [2.05, 4.69) is 44.3 Å². The lowest BCUT2D eigenvalue weighted by Gasteiger charge is -2.01. The summed E-state index contributed by atoms with van der Waals surface area (Å²) in [5.41, 5.74) is 0. The molecule has 0 spiro atoms. The van der Waals surface area contributed by atoms with Gasteiger partial charge < -0.3 is 0 Å². The van der Waals surface area contributed by atoms with Gasteiger partial charge in [-0.1, -0.05) is 28.2 Å². The first-order valence-corrected chi connectivity index (χ1v) is 8.39. The van der Waals surface area contributed by atoms with Crippen molar-refractivity contribution in [3.63, 3.8) is 0 Å². The molecule has 18 heavy (non-hydrogen) atoms. The second kappa shape index (κ2) is 9.10. The summed E-state index contributed by atoms with van der Waals surface area (Å²) in [6.07, 6.45) is 10.0. The van der Waals surface area contributed by atoms with Crippen molar-refractivity contribution >= 4 is 27.9 Å². The summed E-state index contributed by atoms with van der Waals surface area (Å²) in [5, 5.41) is 3.00. The molecule has 1 rings (SSSR count). The monoisotopic (exact) mass is 286 g/mol. The third-order valence-electron chi connectivity index (χ3n) is 2.30. The van der Waals surface area contributed by atoms with Gasteiger partial charge in [-0.25, -0.2) is 13.7 Å². The van der Waals surface area contributed by atoms with Crippen LogP contribution in [0.25, 0.3) is 0 Å². The van der Waals surface area contributed by atoms with E-state index in [1.165, 1.54) is 0 Å². The maximum absolute atomic E-state index is 3.77. The number of aryl methyl sites for hydroxylation is 2. The summed E-state index contributed by atoms with van der Waals surface area (Å²) in [4.78, 5) is 0. The summed E-state index contributed by atoms with van der Waals surface area (Å²) in [6.45, 7) is 5.82. The molecule has 0 aliphatic rings. The first kappa shape index (κ1) is 15.2. The van der Waals surface area contributed by atoms with Crippen molar-refractivity contribution < 1.29 is 9.14 Å². The molecule has 0 saturated carbocycles. The number of hydrogen-bond donors (Lipinski definition) is 1. The number of nitrogens with one attached hydrogen (secondary N) is 1. The lowest BCUT2D eigenvalue weighted by molar-refractivity contribution is -0.671. The van der Waals surface area contributed by atoms with Crippen LogP contribution in [0, 0.1) is 0 Å². The van der Waals surface area contributed by atoms with Gasteiger partial charge in [0, 0.05) is 11.5 Å². The fraction of sp³-hybridized carbons (Fsp3) is 0.500. The summed E-state index contributed by atoms with van der Waals surface area (Å²) in [7, 11) is 7.77. The molecule has 0 aliphatic heterocycles. The smallest absolute Gasteiger partial charge is 0.243 e. The highest BCUT2D eigenvalue weighted by molar-refractivity contribution is 8.76. The third kappa shape index (κ3) is 6.16. The lowest BCUT2D eigenvalue weighted by atomic mass is 10.7. The Kier molecular flexibility index (Phi) is 7.68. The highest BCUT2D eigenvalue weighted by Crippen LogP contribution is 2.20. The van der Waals surface area contributed by atoms with Gasteiger partial charge in [0.05, 0.1) is 33.4 Å². The van der Waals surface area contributed by atoms with Crippen LogP contribution in [-0.4, -0.2) is 40.6 Å². The average Bonchev–Trinajstić information content (AvgIpc) is 2.78. The Labute approximate surface area is 117 Å². The van der Waals surface area contributed by atoms with Crippen LogP contribution in [0.2, 0.25) is 0 Å². The number of aromatic nitrogens is 2. The summed E-state index contributed by atoms with van der Waals surface area (Å²) < 4.78 is 6.32. The fourth-order valence-corrected chi connectivity index (χ4v) is 3.37. The topological polar surface area (TPSA) is 23.8 Å². The molecule has 0 radical (unpaired) electrons. The maximum Gasteiger partial charge on any atom is 0.243 e. The largest absolute Gasteiger partial charge is 0.283 e. The SMILES string of the molecule is C=C[N+](=CNC)CCSSCCn1cc[n+](C)c1. The van der Waals surface area contributed by atoms with Gasteiger partial charge in [-0.3, -0.25) is 5.32 Å². The van der Waals surface area contributed by atoms with Crippen molar-refractivity contribution in [3.05, 3.63) is 31.5 Å². The molecule has 0 saturated heterocycles. The molecule has 1 aromatic rings. The molecule has 0 bridgehead atoms. The highest BCUT2D eigenvalue weighted by atomic mass is 33.1. The van der Waals surface area contributed by atoms with Crippen LogP contribution < -0.4 is 9.88 Å². The Hall–Kier alpha value is -0.880. The zero-order chi connectivity index (χ0) is 13.2. The first-order valence-electron chi connectivity index (χ1n) is 5.90. The second-order valence-corrected chi connectivity index (χ2v) is 6.50. The minimum atomic E-state index is 0.987. The summed E-state index contributed by atoms with van der Waals surface area (Å²) >= 11 is 0. The van der Waals surface area contributed by atoms with Gasteiger partial charge in [0.25, 0.3) is 0 Å². The van der Waals surface area contributed by atoms with E-state index in [1.54, 1.807) is 0 Å². The minimum absolute atomic E-state index is 0.987. The molecule has 100 valence electrons. The van der Waals surface area contributed by atoms with Crippen LogP contribution >= 0.6 is 21.6 Å². The number of hydrogen-bond acceptors (Lipinski definition) is 2. The van der Waals surface area contributed by atoms with E-state index in [0.29, 0.717) is 0 Å². The molecule has 0 atom stereocenters. The molecule has 1 N–H and O–H groups in total. The van der Waals surface area contributed by atoms with Crippen molar-refractivity contribution in [1.82, 2.24) is 9.88 Å². The van der Waals surface area contributed by atoms with Crippen molar-refractivity contribution in [1.29, 1.82) is 0 Å². The predicted octanol–water partition coefficient (Wildman–Crippen LogP) is 1.10. The predicted molar refractivity (Wildman–Crippen MR) is 81.0 cm³/mol. The standard InChI is InChI=1S/C12H21N4S2/c1-4-15(11-13-2)7-9-17-18-10-8-16-6-5-14(3)12-16/h4-6,11-12H,1,7-10H2,2-3H3/q+1/p+1. The number of rotatable bonds is 9. The van der Waals surface area contributed by atoms with E-state index in [1.807, 2.05) is 48.2 Å². The van der Waals surface area contributed by atoms with Gasteiger partial charge in [-0.2, -0.15) is 0 Å². The van der Waals surface area contributed by atoms with Crippen LogP contribution in [-0.2, 0) is 13.6 Å². The zero-order valence-electron chi connectivity index (χ0n) is 11.1. The van der Waals surface area contributed by atoms with Gasteiger partial charge in [-0.05, 0) is 0 Å². The van der Waals surface area contributed by atoms with Crippen molar-refractivity contribution in [2.45, 2.75) is 6.54 Å². The molecular weight excluding hydrogens is 264 g/mol. The van der Waals surface area contributed by atoms with E-state index in [9.17, 15) is 0 Å². The van der Waals surface area contributed by atoms with Crippen molar-refractivity contribution in [2.24, 2.45) is 7.05 Å². The molecule has 0 fully saturated rings. The van der Waals surface area contributed by atoms with E-state index in [-0.39, 0.29) is 0 Å². The Bertz CT molecular complexity index is 387. The molecule has 1 aromatic heterocycles. The van der Waals surface area contributed by atoms with E-state index >= 15 is 0 Å². The second-order valence-electron chi connectivity index (χ2n) is 3.80. The van der Waals surface area contributed by atoms with Crippen molar-refractivity contribution in [2.75, 3.05) is 25.1 Å². The van der Waals surface area contributed by atoms with Gasteiger partial charge in [0.1, 0.15) is 12.4 Å². The van der Waals surface area contributed by atoms with Crippen LogP contribution in [0.15, 0.2) is 31.5 Å². The zero-order valence-corrected chi connectivity index (χ0v) is 12.7. The average molecular weight is 286 g/mol. The summed E-state index contributed by atoms with van der Waals surface area (Å²) in [6, 6.07) is 0. The van der Waals surface area contributed by atoms with Gasteiger partial charge in [-0.15, -0.1) is 0 Å². The molecular formula is C12H22N4S2+2. The van der Waals surface area contributed by atoms with E-state index in [0.717, 1.165) is 24.6 Å². The highest BCUT2D eigenvalue weighted by Gasteiger charge is 2.00. The number of imidazole rings is 1. The quantitative estimate of drug-likeness (QED) is 0.242. The van der Waals surface area contributed by atoms with Gasteiger partial charge in [0.15, 0.2) is 0 Å².